The van der Waals surface area contributed by atoms with E-state index < -0.39 is 36.7 Å². The van der Waals surface area contributed by atoms with E-state index in [4.69, 9.17) is 5.14 Å². The molecule has 2 N–H and O–H groups in total. The molecule has 0 bridgehead atoms. The van der Waals surface area contributed by atoms with Crippen molar-refractivity contribution in [3.63, 3.8) is 0 Å². The minimum atomic E-state index is -4.01. The Hall–Kier alpha value is 0.170. The molecule has 0 aliphatic rings. The van der Waals surface area contributed by atoms with Crippen LogP contribution in [-0.4, -0.2) is 17.2 Å². The average Bonchev–Trinajstić information content (AvgIpc) is 2.01. The van der Waals surface area contributed by atoms with Gasteiger partial charge in [-0.2, -0.15) is 0 Å². The van der Waals surface area contributed by atoms with Gasteiger partial charge in [0.05, 0.1) is 9.79 Å². The first-order valence-corrected chi connectivity index (χ1v) is 5.86. The minimum Gasteiger partial charge on any atom is -0.768 e. The van der Waals surface area contributed by atoms with Gasteiger partial charge >= 0.3 is 29.6 Å². The van der Waals surface area contributed by atoms with E-state index in [9.17, 15) is 21.6 Å². The predicted octanol–water partition coefficient (Wildman–Crippen LogP) is -3.28. The van der Waals surface area contributed by atoms with Gasteiger partial charge in [-0.25, -0.2) is 17.9 Å². The Morgan fingerprint density at radius 1 is 1.40 bits per heavy atom. The van der Waals surface area contributed by atoms with Crippen LogP contribution in [-0.2, 0) is 21.1 Å². The van der Waals surface area contributed by atoms with Crippen LogP contribution >= 0.6 is 0 Å². The molecule has 1 rings (SSSR count). The van der Waals surface area contributed by atoms with E-state index in [1.807, 2.05) is 0 Å². The van der Waals surface area contributed by atoms with E-state index in [1.54, 1.807) is 0 Å². The zero-order valence-electron chi connectivity index (χ0n) is 7.64. The summed E-state index contributed by atoms with van der Waals surface area (Å²) < 4.78 is 55.1. The van der Waals surface area contributed by atoms with Crippen molar-refractivity contribution in [2.24, 2.45) is 5.14 Å². The molecule has 0 amide bonds. The van der Waals surface area contributed by atoms with E-state index in [2.05, 4.69) is 0 Å². The summed E-state index contributed by atoms with van der Waals surface area (Å²) in [6.07, 6.45) is 0. The van der Waals surface area contributed by atoms with E-state index >= 15 is 0 Å². The van der Waals surface area contributed by atoms with Crippen LogP contribution in [0.1, 0.15) is 0 Å². The predicted molar refractivity (Wildman–Crippen MR) is 45.0 cm³/mol. The fourth-order valence-corrected chi connectivity index (χ4v) is 1.72. The Labute approximate surface area is 110 Å². The summed E-state index contributed by atoms with van der Waals surface area (Å²) in [6.45, 7) is 0. The molecular weight excluding hydrogens is 256 g/mol. The van der Waals surface area contributed by atoms with Crippen molar-refractivity contribution in [3.05, 3.63) is 24.0 Å². The van der Waals surface area contributed by atoms with Crippen molar-refractivity contribution in [1.82, 2.24) is 0 Å². The molecule has 0 aliphatic heterocycles. The van der Waals surface area contributed by atoms with Crippen molar-refractivity contribution in [3.8, 4) is 0 Å². The van der Waals surface area contributed by atoms with Gasteiger partial charge < -0.3 is 4.55 Å². The molecule has 1 unspecified atom stereocenters. The van der Waals surface area contributed by atoms with E-state index in [0.717, 1.165) is 12.1 Å². The van der Waals surface area contributed by atoms with Crippen LogP contribution in [0.5, 0.6) is 0 Å². The summed E-state index contributed by atoms with van der Waals surface area (Å²) in [5, 5.41) is 4.70. The van der Waals surface area contributed by atoms with Crippen LogP contribution in [0.25, 0.3) is 0 Å². The monoisotopic (exact) mass is 261 g/mol. The normalized spacial score (nSPS) is 13.0. The second kappa shape index (κ2) is 5.48. The van der Waals surface area contributed by atoms with Crippen LogP contribution in [0.15, 0.2) is 28.0 Å². The maximum atomic E-state index is 12.9. The molecule has 9 heteroatoms. The zero-order chi connectivity index (χ0) is 10.9. The van der Waals surface area contributed by atoms with Crippen molar-refractivity contribution in [1.29, 1.82) is 0 Å². The molecule has 0 aliphatic carbocycles. The van der Waals surface area contributed by atoms with Crippen molar-refractivity contribution < 1.29 is 51.1 Å². The molecule has 1 atom stereocenters. The smallest absolute Gasteiger partial charge is 0.768 e. The summed E-state index contributed by atoms with van der Waals surface area (Å²) in [5.41, 5.74) is 0. The molecule has 0 radical (unpaired) electrons. The van der Waals surface area contributed by atoms with E-state index in [-0.39, 0.29) is 29.6 Å². The first kappa shape index (κ1) is 15.2. The molecule has 0 saturated heterocycles. The van der Waals surface area contributed by atoms with Gasteiger partial charge in [-0.15, -0.1) is 0 Å². The Bertz CT molecular complexity index is 490. The largest absolute Gasteiger partial charge is 1.00 e. The van der Waals surface area contributed by atoms with Crippen LogP contribution in [0.4, 0.5) is 4.39 Å². The number of sulfonamides is 1. The minimum absolute atomic E-state index is 0. The van der Waals surface area contributed by atoms with Gasteiger partial charge in [0.2, 0.25) is 10.0 Å². The topological polar surface area (TPSA) is 100 Å². The maximum Gasteiger partial charge on any atom is 1.00 e. The third-order valence-electron chi connectivity index (χ3n) is 1.41. The van der Waals surface area contributed by atoms with Crippen LogP contribution < -0.4 is 34.7 Å². The number of nitrogens with two attached hydrogens (primary N) is 1. The summed E-state index contributed by atoms with van der Waals surface area (Å²) in [4.78, 5) is -1.07. The van der Waals surface area contributed by atoms with Gasteiger partial charge in [-0.05, 0) is 29.3 Å². The number of hydrogen-bond acceptors (Lipinski definition) is 4. The summed E-state index contributed by atoms with van der Waals surface area (Å²) in [7, 11) is -4.01. The number of halogens is 1. The standard InChI is InChI=1S/C6H6FNO4S2.Na/c7-5-3-4(14(8,11)12)1-2-6(5)13(9)10;/h1-3H,(H,9,10)(H2,8,11,12);/q;+1/p-1. The van der Waals surface area contributed by atoms with Gasteiger partial charge in [0.1, 0.15) is 5.82 Å². The average molecular weight is 261 g/mol. The molecule has 0 fully saturated rings. The third kappa shape index (κ3) is 3.91. The van der Waals surface area contributed by atoms with Crippen LogP contribution in [0.2, 0.25) is 0 Å². The first-order chi connectivity index (χ1) is 6.32. The summed E-state index contributed by atoms with van der Waals surface area (Å²) in [6, 6.07) is 2.31. The Morgan fingerprint density at radius 2 is 1.93 bits per heavy atom. The Kier molecular flexibility index (Phi) is 5.55. The molecule has 1 aromatic carbocycles. The van der Waals surface area contributed by atoms with Crippen molar-refractivity contribution in [2.75, 3.05) is 0 Å². The third-order valence-corrected chi connectivity index (χ3v) is 3.01. The second-order valence-electron chi connectivity index (χ2n) is 2.37. The van der Waals surface area contributed by atoms with E-state index in [0.29, 0.717) is 6.07 Å². The molecule has 5 nitrogen and oxygen atoms in total. The summed E-state index contributed by atoms with van der Waals surface area (Å²) >= 11 is -2.74. The molecular formula is C6H5FNNaO4S2. The van der Waals surface area contributed by atoms with E-state index in [1.165, 1.54) is 0 Å². The molecule has 0 aromatic heterocycles. The van der Waals surface area contributed by atoms with Gasteiger partial charge in [0.25, 0.3) is 0 Å². The summed E-state index contributed by atoms with van der Waals surface area (Å²) in [5.74, 6) is -1.15. The van der Waals surface area contributed by atoms with Crippen molar-refractivity contribution in [2.45, 2.75) is 9.79 Å². The van der Waals surface area contributed by atoms with Gasteiger partial charge in [-0.1, -0.05) is 0 Å². The van der Waals surface area contributed by atoms with Gasteiger partial charge in [-0.3, -0.25) is 4.21 Å². The molecule has 1 aromatic rings. The second-order valence-corrected chi connectivity index (χ2v) is 4.84. The van der Waals surface area contributed by atoms with Crippen LogP contribution in [0.3, 0.4) is 0 Å². The van der Waals surface area contributed by atoms with Crippen molar-refractivity contribution >= 4 is 21.1 Å². The fourth-order valence-electron chi connectivity index (χ4n) is 0.794. The van der Waals surface area contributed by atoms with Gasteiger partial charge in [0, 0.05) is 0 Å². The SMILES string of the molecule is NS(=O)(=O)c1ccc(S(=O)[O-])c(F)c1.[Na+]. The number of rotatable bonds is 2. The Balaban J connectivity index is 0.00000196. The first-order valence-electron chi connectivity index (χ1n) is 3.24. The number of hydrogen-bond donors (Lipinski definition) is 1. The maximum absolute atomic E-state index is 12.9. The molecule has 0 saturated carbocycles. The zero-order valence-corrected chi connectivity index (χ0v) is 11.3. The molecule has 15 heavy (non-hydrogen) atoms. The van der Waals surface area contributed by atoms with Gasteiger partial charge in [0.15, 0.2) is 0 Å². The molecule has 0 spiro atoms. The molecule has 78 valence electrons. The molecule has 0 heterocycles. The fraction of sp³-hybridized carbons (Fsp3) is 0. The Morgan fingerprint density at radius 3 is 2.27 bits per heavy atom. The van der Waals surface area contributed by atoms with Crippen LogP contribution in [0, 0.1) is 5.82 Å². The number of primary sulfonamides is 1. The number of benzene rings is 1. The quantitative estimate of drug-likeness (QED) is 0.445.